The zero-order chi connectivity index (χ0) is 19.1. The van der Waals surface area contributed by atoms with Crippen LogP contribution in [-0.4, -0.2) is 25.1 Å². The minimum atomic E-state index is -0.772. The fourth-order valence-electron chi connectivity index (χ4n) is 2.07. The van der Waals surface area contributed by atoms with Gasteiger partial charge in [-0.25, -0.2) is 13.6 Å². The summed E-state index contributed by atoms with van der Waals surface area (Å²) in [4.78, 5) is 23.4. The zero-order valence-electron chi connectivity index (χ0n) is 13.8. The van der Waals surface area contributed by atoms with Gasteiger partial charge in [-0.2, -0.15) is 0 Å². The van der Waals surface area contributed by atoms with Gasteiger partial charge < -0.3 is 14.8 Å². The molecule has 0 aliphatic rings. The number of amides is 1. The monoisotopic (exact) mass is 383 g/mol. The second kappa shape index (κ2) is 9.15. The lowest BCUT2D eigenvalue weighted by atomic mass is 10.1. The number of esters is 1. The Labute approximate surface area is 153 Å². The third-order valence-electron chi connectivity index (χ3n) is 3.34. The van der Waals surface area contributed by atoms with Crippen molar-refractivity contribution in [2.24, 2.45) is 0 Å². The van der Waals surface area contributed by atoms with Crippen molar-refractivity contribution in [3.05, 3.63) is 64.7 Å². The standard InChI is InChI=1S/C18H16ClF2NO4/c1-11(15-7-4-13(20)8-16(15)21)22-17(23)9-26-18(24)10-25-14-5-2-12(19)3-6-14/h2-8,11H,9-10H2,1H3,(H,22,23)/t11-/m0/s1. The Morgan fingerprint density at radius 3 is 2.46 bits per heavy atom. The van der Waals surface area contributed by atoms with E-state index >= 15 is 0 Å². The molecule has 1 atom stereocenters. The first-order valence-corrected chi connectivity index (χ1v) is 8.01. The van der Waals surface area contributed by atoms with Gasteiger partial charge in [-0.15, -0.1) is 0 Å². The Kier molecular flexibility index (Phi) is 6.91. The molecule has 0 fully saturated rings. The van der Waals surface area contributed by atoms with E-state index in [0.717, 1.165) is 12.1 Å². The van der Waals surface area contributed by atoms with Crippen molar-refractivity contribution in [1.29, 1.82) is 0 Å². The summed E-state index contributed by atoms with van der Waals surface area (Å²) < 4.78 is 36.5. The SMILES string of the molecule is C[C@H](NC(=O)COC(=O)COc1ccc(Cl)cc1)c1ccc(F)cc1F. The number of ether oxygens (including phenoxy) is 2. The van der Waals surface area contributed by atoms with Crippen LogP contribution >= 0.6 is 11.6 Å². The lowest BCUT2D eigenvalue weighted by Crippen LogP contribution is -2.32. The van der Waals surface area contributed by atoms with E-state index in [1.54, 1.807) is 24.3 Å². The highest BCUT2D eigenvalue weighted by Gasteiger charge is 2.15. The topological polar surface area (TPSA) is 64.6 Å². The summed E-state index contributed by atoms with van der Waals surface area (Å²) in [6.07, 6.45) is 0. The van der Waals surface area contributed by atoms with Gasteiger partial charge in [0.15, 0.2) is 13.2 Å². The van der Waals surface area contributed by atoms with Crippen molar-refractivity contribution in [3.8, 4) is 5.75 Å². The summed E-state index contributed by atoms with van der Waals surface area (Å²) >= 11 is 5.73. The first-order chi connectivity index (χ1) is 12.3. The van der Waals surface area contributed by atoms with Gasteiger partial charge in [0.1, 0.15) is 17.4 Å². The highest BCUT2D eigenvalue weighted by atomic mass is 35.5. The minimum Gasteiger partial charge on any atom is -0.482 e. The number of halogens is 3. The Hall–Kier alpha value is -2.67. The molecular formula is C18H16ClF2NO4. The van der Waals surface area contributed by atoms with E-state index in [9.17, 15) is 18.4 Å². The van der Waals surface area contributed by atoms with Crippen LogP contribution in [0.3, 0.4) is 0 Å². The van der Waals surface area contributed by atoms with Gasteiger partial charge in [0.25, 0.3) is 5.91 Å². The van der Waals surface area contributed by atoms with Gasteiger partial charge in [-0.3, -0.25) is 4.79 Å². The summed E-state index contributed by atoms with van der Waals surface area (Å²) in [5.74, 6) is -2.42. The number of rotatable bonds is 7. The number of hydrogen-bond donors (Lipinski definition) is 1. The maximum atomic E-state index is 13.7. The molecule has 0 radical (unpaired) electrons. The molecule has 0 aliphatic carbocycles. The zero-order valence-corrected chi connectivity index (χ0v) is 14.6. The summed E-state index contributed by atoms with van der Waals surface area (Å²) in [5.41, 5.74) is 0.122. The van der Waals surface area contributed by atoms with Crippen molar-refractivity contribution in [1.82, 2.24) is 5.32 Å². The molecule has 8 heteroatoms. The molecule has 2 rings (SSSR count). The van der Waals surface area contributed by atoms with E-state index in [1.165, 1.54) is 13.0 Å². The highest BCUT2D eigenvalue weighted by Crippen LogP contribution is 2.17. The smallest absolute Gasteiger partial charge is 0.344 e. The van der Waals surface area contributed by atoms with Crippen LogP contribution in [0.15, 0.2) is 42.5 Å². The maximum absolute atomic E-state index is 13.7. The largest absolute Gasteiger partial charge is 0.482 e. The van der Waals surface area contributed by atoms with Crippen LogP contribution in [0.4, 0.5) is 8.78 Å². The number of nitrogens with one attached hydrogen (secondary N) is 1. The minimum absolute atomic E-state index is 0.122. The lowest BCUT2D eigenvalue weighted by molar-refractivity contribution is -0.150. The fourth-order valence-corrected chi connectivity index (χ4v) is 2.20. The normalized spacial score (nSPS) is 11.5. The molecule has 0 saturated carbocycles. The average molecular weight is 384 g/mol. The quantitative estimate of drug-likeness (QED) is 0.744. The van der Waals surface area contributed by atoms with Gasteiger partial charge >= 0.3 is 5.97 Å². The maximum Gasteiger partial charge on any atom is 0.344 e. The van der Waals surface area contributed by atoms with Crippen LogP contribution in [0.1, 0.15) is 18.5 Å². The molecular weight excluding hydrogens is 368 g/mol. The van der Waals surface area contributed by atoms with E-state index in [0.29, 0.717) is 10.8 Å². The van der Waals surface area contributed by atoms with Crippen molar-refractivity contribution in [3.63, 3.8) is 0 Å². The number of carbonyl (C=O) groups excluding carboxylic acids is 2. The predicted molar refractivity (Wildman–Crippen MR) is 90.8 cm³/mol. The molecule has 0 saturated heterocycles. The molecule has 0 aliphatic heterocycles. The average Bonchev–Trinajstić information content (AvgIpc) is 2.59. The number of hydrogen-bond acceptors (Lipinski definition) is 4. The third-order valence-corrected chi connectivity index (χ3v) is 3.59. The van der Waals surface area contributed by atoms with Crippen LogP contribution in [-0.2, 0) is 14.3 Å². The van der Waals surface area contributed by atoms with Crippen LogP contribution < -0.4 is 10.1 Å². The predicted octanol–water partition coefficient (Wildman–Crippen LogP) is 3.42. The van der Waals surface area contributed by atoms with Crippen LogP contribution in [0.25, 0.3) is 0 Å². The van der Waals surface area contributed by atoms with Crippen LogP contribution in [0.2, 0.25) is 5.02 Å². The van der Waals surface area contributed by atoms with Gasteiger partial charge in [0, 0.05) is 16.7 Å². The molecule has 0 spiro atoms. The van der Waals surface area contributed by atoms with E-state index < -0.39 is 36.2 Å². The summed E-state index contributed by atoms with van der Waals surface area (Å²) in [6.45, 7) is 0.604. The first kappa shape index (κ1) is 19.7. The van der Waals surface area contributed by atoms with Crippen molar-refractivity contribution in [2.75, 3.05) is 13.2 Å². The number of carbonyl (C=O) groups is 2. The lowest BCUT2D eigenvalue weighted by Gasteiger charge is -2.15. The summed E-state index contributed by atoms with van der Waals surface area (Å²) in [7, 11) is 0. The molecule has 0 aromatic heterocycles. The Morgan fingerprint density at radius 1 is 1.12 bits per heavy atom. The van der Waals surface area contributed by atoms with Gasteiger partial charge in [-0.1, -0.05) is 17.7 Å². The number of benzene rings is 2. The van der Waals surface area contributed by atoms with Gasteiger partial charge in [0.05, 0.1) is 6.04 Å². The molecule has 0 unspecified atom stereocenters. The first-order valence-electron chi connectivity index (χ1n) is 7.63. The third kappa shape index (κ3) is 6.00. The van der Waals surface area contributed by atoms with E-state index in [4.69, 9.17) is 21.1 Å². The van der Waals surface area contributed by atoms with Gasteiger partial charge in [0.2, 0.25) is 0 Å². The molecule has 2 aromatic carbocycles. The fraction of sp³-hybridized carbons (Fsp3) is 0.222. The Bertz CT molecular complexity index is 783. The molecule has 0 heterocycles. The van der Waals surface area contributed by atoms with Crippen LogP contribution in [0, 0.1) is 11.6 Å². The highest BCUT2D eigenvalue weighted by molar-refractivity contribution is 6.30. The van der Waals surface area contributed by atoms with Crippen LogP contribution in [0.5, 0.6) is 5.75 Å². The van der Waals surface area contributed by atoms with E-state index in [1.807, 2.05) is 0 Å². The molecule has 26 heavy (non-hydrogen) atoms. The Balaban J connectivity index is 1.75. The van der Waals surface area contributed by atoms with Crippen molar-refractivity contribution >= 4 is 23.5 Å². The Morgan fingerprint density at radius 2 is 1.81 bits per heavy atom. The van der Waals surface area contributed by atoms with Crippen molar-refractivity contribution < 1.29 is 27.8 Å². The summed E-state index contributed by atoms with van der Waals surface area (Å²) in [5, 5.41) is 2.99. The second-order valence-corrected chi connectivity index (χ2v) is 5.79. The van der Waals surface area contributed by atoms with Crippen molar-refractivity contribution in [2.45, 2.75) is 13.0 Å². The second-order valence-electron chi connectivity index (χ2n) is 5.36. The van der Waals surface area contributed by atoms with E-state index in [2.05, 4.69) is 5.32 Å². The molecule has 138 valence electrons. The molecule has 0 bridgehead atoms. The van der Waals surface area contributed by atoms with Gasteiger partial charge in [-0.05, 0) is 37.3 Å². The van der Waals surface area contributed by atoms with E-state index in [-0.39, 0.29) is 12.2 Å². The molecule has 1 amide bonds. The molecule has 5 nitrogen and oxygen atoms in total. The molecule has 2 aromatic rings. The summed E-state index contributed by atoms with van der Waals surface area (Å²) in [6, 6.07) is 8.72. The molecule has 1 N–H and O–H groups in total.